The predicted molar refractivity (Wildman–Crippen MR) is 84.0 cm³/mol. The number of nitrogens with zero attached hydrogens (tertiary/aromatic N) is 2. The highest BCUT2D eigenvalue weighted by molar-refractivity contribution is 6.08. The number of aliphatic hydroxyl groups excluding tert-OH is 1. The Morgan fingerprint density at radius 2 is 1.68 bits per heavy atom. The van der Waals surface area contributed by atoms with Crippen molar-refractivity contribution in [2.75, 3.05) is 7.11 Å². The number of hydrogen-bond donors (Lipinski definition) is 1. The number of carbonyl (C=O) groups excluding carboxylic acids is 1. The van der Waals surface area contributed by atoms with E-state index >= 15 is 0 Å². The molecule has 0 spiro atoms. The standard InChI is InChI=1S/C17H13F3N2O3/c1-25-14-8-2-11(3-9-14)16(24)15(10-23)22-21-13-6-4-12(5-7-13)17(18,19)20/h2-10,23H,1H3/b15-10-,22-21?. The van der Waals surface area contributed by atoms with Crippen molar-refractivity contribution < 1.29 is 27.8 Å². The van der Waals surface area contributed by atoms with Crippen molar-refractivity contribution in [3.05, 3.63) is 71.6 Å². The Bertz CT molecular complexity index is 795. The Labute approximate surface area is 141 Å². The minimum atomic E-state index is -4.45. The zero-order chi connectivity index (χ0) is 18.4. The number of carbonyl (C=O) groups is 1. The number of ketones is 1. The molecule has 8 heteroatoms. The summed E-state index contributed by atoms with van der Waals surface area (Å²) >= 11 is 0. The summed E-state index contributed by atoms with van der Waals surface area (Å²) in [5.41, 5.74) is -0.828. The highest BCUT2D eigenvalue weighted by Gasteiger charge is 2.29. The molecule has 0 unspecified atom stereocenters. The first-order valence-electron chi connectivity index (χ1n) is 6.97. The minimum Gasteiger partial charge on any atom is -0.513 e. The zero-order valence-electron chi connectivity index (χ0n) is 13.0. The lowest BCUT2D eigenvalue weighted by atomic mass is 10.1. The molecule has 0 saturated carbocycles. The summed E-state index contributed by atoms with van der Waals surface area (Å²) in [5, 5.41) is 16.4. The summed E-state index contributed by atoms with van der Waals surface area (Å²) in [6.45, 7) is 0. The summed E-state index contributed by atoms with van der Waals surface area (Å²) in [4.78, 5) is 12.2. The first-order valence-corrected chi connectivity index (χ1v) is 6.97. The molecule has 0 aromatic heterocycles. The SMILES string of the molecule is COc1ccc(C(=O)/C(=C/O)N=Nc2ccc(C(F)(F)F)cc2)cc1. The number of allylic oxidation sites excluding steroid dienone is 1. The van der Waals surface area contributed by atoms with Crippen molar-refractivity contribution in [1.82, 2.24) is 0 Å². The van der Waals surface area contributed by atoms with Gasteiger partial charge < -0.3 is 9.84 Å². The smallest absolute Gasteiger partial charge is 0.416 e. The number of benzene rings is 2. The van der Waals surface area contributed by atoms with Gasteiger partial charge in [0.1, 0.15) is 12.0 Å². The van der Waals surface area contributed by atoms with Gasteiger partial charge in [0.25, 0.3) is 0 Å². The lowest BCUT2D eigenvalue weighted by Crippen LogP contribution is -2.03. The van der Waals surface area contributed by atoms with E-state index in [4.69, 9.17) is 4.74 Å². The average molecular weight is 350 g/mol. The van der Waals surface area contributed by atoms with Crippen LogP contribution in [0.25, 0.3) is 0 Å². The normalized spacial score (nSPS) is 12.4. The summed E-state index contributed by atoms with van der Waals surface area (Å²) in [6.07, 6.45) is -3.96. The molecule has 25 heavy (non-hydrogen) atoms. The van der Waals surface area contributed by atoms with E-state index in [-0.39, 0.29) is 16.9 Å². The number of azo groups is 1. The average Bonchev–Trinajstić information content (AvgIpc) is 2.61. The molecule has 0 aliphatic heterocycles. The van der Waals surface area contributed by atoms with Gasteiger partial charge in [0, 0.05) is 5.56 Å². The van der Waals surface area contributed by atoms with Crippen LogP contribution >= 0.6 is 0 Å². The first-order chi connectivity index (χ1) is 11.8. The van der Waals surface area contributed by atoms with Gasteiger partial charge in [0.2, 0.25) is 5.78 Å². The molecule has 0 amide bonds. The van der Waals surface area contributed by atoms with Gasteiger partial charge in [0.15, 0.2) is 5.70 Å². The molecule has 1 N–H and O–H groups in total. The van der Waals surface area contributed by atoms with Crippen molar-refractivity contribution >= 4 is 11.5 Å². The number of Topliss-reactive ketones (excluding diaryl/α,β-unsaturated/α-hetero) is 1. The van der Waals surface area contributed by atoms with Gasteiger partial charge in [-0.2, -0.15) is 18.3 Å². The number of alkyl halides is 3. The third-order valence-electron chi connectivity index (χ3n) is 3.17. The molecule has 0 atom stereocenters. The van der Waals surface area contributed by atoms with Gasteiger partial charge in [-0.25, -0.2) is 0 Å². The summed E-state index contributed by atoms with van der Waals surface area (Å²) in [6, 6.07) is 10.0. The second-order valence-corrected chi connectivity index (χ2v) is 4.82. The molecule has 5 nitrogen and oxygen atoms in total. The van der Waals surface area contributed by atoms with Crippen LogP contribution < -0.4 is 4.74 Å². The minimum absolute atomic E-state index is 0.106. The molecule has 0 saturated heterocycles. The monoisotopic (exact) mass is 350 g/mol. The van der Waals surface area contributed by atoms with Crippen LogP contribution in [0.15, 0.2) is 70.7 Å². The fraction of sp³-hybridized carbons (Fsp3) is 0.118. The van der Waals surface area contributed by atoms with E-state index in [2.05, 4.69) is 10.2 Å². The quantitative estimate of drug-likeness (QED) is 0.354. The molecule has 0 radical (unpaired) electrons. The number of ether oxygens (including phenoxy) is 1. The topological polar surface area (TPSA) is 71.2 Å². The van der Waals surface area contributed by atoms with Crippen LogP contribution in [-0.4, -0.2) is 18.0 Å². The van der Waals surface area contributed by atoms with Crippen LogP contribution in [0.4, 0.5) is 18.9 Å². The van der Waals surface area contributed by atoms with Crippen LogP contribution in [0.3, 0.4) is 0 Å². The second-order valence-electron chi connectivity index (χ2n) is 4.82. The maximum Gasteiger partial charge on any atom is 0.416 e. The summed E-state index contributed by atoms with van der Waals surface area (Å²) in [7, 11) is 1.48. The lowest BCUT2D eigenvalue weighted by molar-refractivity contribution is -0.137. The first kappa shape index (κ1) is 18.2. The van der Waals surface area contributed by atoms with E-state index in [9.17, 15) is 23.1 Å². The van der Waals surface area contributed by atoms with Crippen molar-refractivity contribution in [2.24, 2.45) is 10.2 Å². The van der Waals surface area contributed by atoms with E-state index in [0.29, 0.717) is 12.0 Å². The number of halogens is 3. The Balaban J connectivity index is 2.15. The molecule has 0 aliphatic rings. The van der Waals surface area contributed by atoms with Crippen LogP contribution in [0.2, 0.25) is 0 Å². The maximum atomic E-state index is 12.5. The Morgan fingerprint density at radius 1 is 1.08 bits per heavy atom. The number of hydrogen-bond acceptors (Lipinski definition) is 5. The van der Waals surface area contributed by atoms with Crippen molar-refractivity contribution in [3.8, 4) is 5.75 Å². The molecule has 0 heterocycles. The number of aliphatic hydroxyl groups is 1. The Hall–Kier alpha value is -3.16. The largest absolute Gasteiger partial charge is 0.513 e. The van der Waals surface area contributed by atoms with E-state index in [1.165, 1.54) is 19.2 Å². The third kappa shape index (κ3) is 4.66. The molecule has 0 aliphatic carbocycles. The molecular formula is C17H13F3N2O3. The Morgan fingerprint density at radius 3 is 2.16 bits per heavy atom. The summed E-state index contributed by atoms with van der Waals surface area (Å²) < 4.78 is 42.4. The van der Waals surface area contributed by atoms with Crippen LogP contribution in [0, 0.1) is 0 Å². The van der Waals surface area contributed by atoms with Gasteiger partial charge in [-0.1, -0.05) is 0 Å². The lowest BCUT2D eigenvalue weighted by Gasteiger charge is -2.05. The predicted octanol–water partition coefficient (Wildman–Crippen LogP) is 5.08. The fourth-order valence-electron chi connectivity index (χ4n) is 1.85. The number of methoxy groups -OCH3 is 1. The molecule has 2 aromatic carbocycles. The van der Waals surface area contributed by atoms with Crippen molar-refractivity contribution in [1.29, 1.82) is 0 Å². The van der Waals surface area contributed by atoms with E-state index in [0.717, 1.165) is 24.3 Å². The van der Waals surface area contributed by atoms with E-state index in [1.54, 1.807) is 12.1 Å². The highest BCUT2D eigenvalue weighted by atomic mass is 19.4. The number of rotatable bonds is 5. The van der Waals surface area contributed by atoms with Gasteiger partial charge in [-0.3, -0.25) is 4.79 Å². The molecule has 2 aromatic rings. The van der Waals surface area contributed by atoms with Crippen molar-refractivity contribution in [3.63, 3.8) is 0 Å². The van der Waals surface area contributed by atoms with Crippen molar-refractivity contribution in [2.45, 2.75) is 6.18 Å². The van der Waals surface area contributed by atoms with Gasteiger partial charge >= 0.3 is 6.18 Å². The van der Waals surface area contributed by atoms with Crippen LogP contribution in [-0.2, 0) is 6.18 Å². The van der Waals surface area contributed by atoms with Gasteiger partial charge in [-0.05, 0) is 48.5 Å². The fourth-order valence-corrected chi connectivity index (χ4v) is 1.85. The highest BCUT2D eigenvalue weighted by Crippen LogP contribution is 2.30. The molecule has 130 valence electrons. The summed E-state index contributed by atoms with van der Waals surface area (Å²) in [5.74, 6) is -0.0433. The zero-order valence-corrected chi connectivity index (χ0v) is 13.0. The maximum absolute atomic E-state index is 12.5. The van der Waals surface area contributed by atoms with Crippen LogP contribution in [0.1, 0.15) is 15.9 Å². The second kappa shape index (κ2) is 7.61. The van der Waals surface area contributed by atoms with E-state index in [1.807, 2.05) is 0 Å². The molecule has 0 fully saturated rings. The van der Waals surface area contributed by atoms with E-state index < -0.39 is 17.5 Å². The molecular weight excluding hydrogens is 337 g/mol. The van der Waals surface area contributed by atoms with Crippen LogP contribution in [0.5, 0.6) is 5.75 Å². The third-order valence-corrected chi connectivity index (χ3v) is 3.17. The molecule has 2 rings (SSSR count). The Kier molecular flexibility index (Phi) is 5.53. The van der Waals surface area contributed by atoms with Gasteiger partial charge in [0.05, 0.1) is 18.4 Å². The molecule has 0 bridgehead atoms. The van der Waals surface area contributed by atoms with Gasteiger partial charge in [-0.15, -0.1) is 5.11 Å².